The fourth-order valence-corrected chi connectivity index (χ4v) is 2.07. The Balaban J connectivity index is 1.94. The highest BCUT2D eigenvalue weighted by Gasteiger charge is 2.30. The van der Waals surface area contributed by atoms with Gasteiger partial charge in [-0.15, -0.1) is 0 Å². The first kappa shape index (κ1) is 12.3. The number of carbonyl (C=O) groups excluding carboxylic acids is 1. The summed E-state index contributed by atoms with van der Waals surface area (Å²) in [5.74, 6) is 4.79. The Morgan fingerprint density at radius 2 is 2.53 bits per heavy atom. The Hall–Kier alpha value is -1.11. The van der Waals surface area contributed by atoms with Crippen LogP contribution in [0, 0.1) is 6.92 Å². The summed E-state index contributed by atoms with van der Waals surface area (Å²) in [5, 5.41) is 4.79. The van der Waals surface area contributed by atoms with E-state index in [0.717, 1.165) is 12.1 Å². The predicted octanol–water partition coefficient (Wildman–Crippen LogP) is 0.382. The second-order valence-electron chi connectivity index (χ2n) is 4.09. The van der Waals surface area contributed by atoms with Crippen LogP contribution in [0.25, 0.3) is 0 Å². The number of amides is 1. The molecule has 3 N–H and O–H groups in total. The van der Waals surface area contributed by atoms with Gasteiger partial charge in [-0.2, -0.15) is 5.10 Å². The van der Waals surface area contributed by atoms with E-state index in [4.69, 9.17) is 22.2 Å². The number of hydrogen-bond donors (Lipinski definition) is 2. The first-order chi connectivity index (χ1) is 8.11. The van der Waals surface area contributed by atoms with E-state index in [2.05, 4.69) is 10.5 Å². The minimum Gasteiger partial charge on any atom is -0.363 e. The monoisotopic (exact) mass is 258 g/mol. The average Bonchev–Trinajstić information content (AvgIpc) is 2.91. The van der Waals surface area contributed by atoms with E-state index in [-0.39, 0.29) is 12.0 Å². The van der Waals surface area contributed by atoms with Crippen molar-refractivity contribution in [3.63, 3.8) is 0 Å². The van der Waals surface area contributed by atoms with Crippen molar-refractivity contribution in [1.82, 2.24) is 15.2 Å². The van der Waals surface area contributed by atoms with Crippen molar-refractivity contribution in [2.24, 2.45) is 5.84 Å². The van der Waals surface area contributed by atoms with E-state index in [1.54, 1.807) is 10.9 Å². The van der Waals surface area contributed by atoms with Crippen molar-refractivity contribution in [1.29, 1.82) is 0 Å². The van der Waals surface area contributed by atoms with Gasteiger partial charge in [-0.25, -0.2) is 5.84 Å². The first-order valence-electron chi connectivity index (χ1n) is 5.45. The van der Waals surface area contributed by atoms with Gasteiger partial charge in [0.25, 0.3) is 5.91 Å². The third-order valence-corrected chi connectivity index (χ3v) is 3.33. The van der Waals surface area contributed by atoms with Gasteiger partial charge in [-0.05, 0) is 19.8 Å². The summed E-state index contributed by atoms with van der Waals surface area (Å²) in [7, 11) is 0. The van der Waals surface area contributed by atoms with Crippen LogP contribution in [0.5, 0.6) is 0 Å². The molecule has 1 aliphatic heterocycles. The molecule has 17 heavy (non-hydrogen) atoms. The maximum absolute atomic E-state index is 11.3. The summed E-state index contributed by atoms with van der Waals surface area (Å²) in [4.78, 5) is 11.3. The standard InChI is InChI=1S/C10H15ClN4O2/c1-6-8(11)4-13-15(6)5-7-2-3-9(17-7)10(16)14-12/h4,7,9H,2-3,5,12H2,1H3,(H,14,16). The number of halogens is 1. The molecule has 2 heterocycles. The Morgan fingerprint density at radius 3 is 3.12 bits per heavy atom. The van der Waals surface area contributed by atoms with Crippen LogP contribution in [-0.2, 0) is 16.1 Å². The van der Waals surface area contributed by atoms with Gasteiger partial charge in [0.2, 0.25) is 0 Å². The van der Waals surface area contributed by atoms with Crippen LogP contribution in [0.2, 0.25) is 5.02 Å². The third kappa shape index (κ3) is 2.59. The lowest BCUT2D eigenvalue weighted by Gasteiger charge is -2.13. The lowest BCUT2D eigenvalue weighted by atomic mass is 10.2. The van der Waals surface area contributed by atoms with Crippen LogP contribution in [0.4, 0.5) is 0 Å². The number of nitrogens with one attached hydrogen (secondary N) is 1. The lowest BCUT2D eigenvalue weighted by Crippen LogP contribution is -2.39. The van der Waals surface area contributed by atoms with Crippen molar-refractivity contribution < 1.29 is 9.53 Å². The van der Waals surface area contributed by atoms with Crippen LogP contribution in [0.15, 0.2) is 6.20 Å². The van der Waals surface area contributed by atoms with E-state index in [1.807, 2.05) is 6.92 Å². The maximum atomic E-state index is 11.3. The second kappa shape index (κ2) is 5.03. The Labute approximate surface area is 104 Å². The maximum Gasteiger partial charge on any atom is 0.263 e. The highest BCUT2D eigenvalue weighted by atomic mass is 35.5. The van der Waals surface area contributed by atoms with E-state index in [9.17, 15) is 4.79 Å². The van der Waals surface area contributed by atoms with Crippen molar-refractivity contribution in [2.45, 2.75) is 38.5 Å². The summed E-state index contributed by atoms with van der Waals surface area (Å²) < 4.78 is 7.37. The molecule has 1 fully saturated rings. The molecule has 1 aliphatic rings. The highest BCUT2D eigenvalue weighted by Crippen LogP contribution is 2.22. The van der Waals surface area contributed by atoms with Gasteiger partial charge in [0.1, 0.15) is 6.10 Å². The summed E-state index contributed by atoms with van der Waals surface area (Å²) in [6, 6.07) is 0. The van der Waals surface area contributed by atoms with Gasteiger partial charge in [0, 0.05) is 0 Å². The summed E-state index contributed by atoms with van der Waals surface area (Å²) in [5.41, 5.74) is 3.00. The van der Waals surface area contributed by atoms with Crippen LogP contribution in [-0.4, -0.2) is 27.9 Å². The molecule has 2 atom stereocenters. The lowest BCUT2D eigenvalue weighted by molar-refractivity contribution is -0.132. The smallest absolute Gasteiger partial charge is 0.263 e. The molecule has 1 aromatic heterocycles. The van der Waals surface area contributed by atoms with Crippen LogP contribution in [0.1, 0.15) is 18.5 Å². The van der Waals surface area contributed by atoms with Crippen LogP contribution >= 0.6 is 11.6 Å². The number of nitrogens with zero attached hydrogens (tertiary/aromatic N) is 2. The van der Waals surface area contributed by atoms with Crippen LogP contribution < -0.4 is 11.3 Å². The molecule has 0 saturated carbocycles. The van der Waals surface area contributed by atoms with Gasteiger partial charge in [-0.3, -0.25) is 14.9 Å². The van der Waals surface area contributed by atoms with Crippen molar-refractivity contribution >= 4 is 17.5 Å². The van der Waals surface area contributed by atoms with Gasteiger partial charge < -0.3 is 4.74 Å². The number of ether oxygens (including phenoxy) is 1. The van der Waals surface area contributed by atoms with Crippen molar-refractivity contribution in [2.75, 3.05) is 0 Å². The largest absolute Gasteiger partial charge is 0.363 e. The molecule has 2 unspecified atom stereocenters. The van der Waals surface area contributed by atoms with Crippen molar-refractivity contribution in [3.8, 4) is 0 Å². The van der Waals surface area contributed by atoms with Gasteiger partial charge in [-0.1, -0.05) is 11.6 Å². The summed E-state index contributed by atoms with van der Waals surface area (Å²) >= 11 is 5.91. The number of nitrogens with two attached hydrogens (primary N) is 1. The Morgan fingerprint density at radius 1 is 1.76 bits per heavy atom. The molecule has 0 bridgehead atoms. The summed E-state index contributed by atoms with van der Waals surface area (Å²) in [6.45, 7) is 2.50. The number of hydrogen-bond acceptors (Lipinski definition) is 4. The minimum absolute atomic E-state index is 0.0213. The van der Waals surface area contributed by atoms with Gasteiger partial charge >= 0.3 is 0 Å². The fourth-order valence-electron chi connectivity index (χ4n) is 1.93. The zero-order valence-electron chi connectivity index (χ0n) is 9.52. The van der Waals surface area contributed by atoms with E-state index in [0.29, 0.717) is 18.0 Å². The molecule has 0 aromatic carbocycles. The molecule has 2 rings (SSSR count). The predicted molar refractivity (Wildman–Crippen MR) is 62.2 cm³/mol. The molecule has 0 spiro atoms. The molecule has 6 nitrogen and oxygen atoms in total. The molecule has 0 aliphatic carbocycles. The topological polar surface area (TPSA) is 82.2 Å². The first-order valence-corrected chi connectivity index (χ1v) is 5.83. The molecule has 1 saturated heterocycles. The molecule has 0 radical (unpaired) electrons. The minimum atomic E-state index is -0.448. The van der Waals surface area contributed by atoms with Crippen LogP contribution in [0.3, 0.4) is 0 Å². The molecule has 94 valence electrons. The molecule has 1 aromatic rings. The third-order valence-electron chi connectivity index (χ3n) is 2.96. The number of carbonyl (C=O) groups is 1. The molecule has 1 amide bonds. The fraction of sp³-hybridized carbons (Fsp3) is 0.600. The molecule has 7 heteroatoms. The average molecular weight is 259 g/mol. The van der Waals surface area contributed by atoms with E-state index >= 15 is 0 Å². The zero-order chi connectivity index (χ0) is 12.4. The molecular formula is C10H15ClN4O2. The highest BCUT2D eigenvalue weighted by molar-refractivity contribution is 6.31. The van der Waals surface area contributed by atoms with Gasteiger partial charge in [0.15, 0.2) is 0 Å². The number of rotatable bonds is 3. The Kier molecular flexibility index (Phi) is 3.66. The summed E-state index contributed by atoms with van der Waals surface area (Å²) in [6.07, 6.45) is 2.63. The van der Waals surface area contributed by atoms with E-state index in [1.165, 1.54) is 0 Å². The van der Waals surface area contributed by atoms with Gasteiger partial charge in [0.05, 0.1) is 29.6 Å². The number of aromatic nitrogens is 2. The SMILES string of the molecule is Cc1c(Cl)cnn1CC1CCC(C(=O)NN)O1. The normalized spacial score (nSPS) is 23.9. The molecular weight excluding hydrogens is 244 g/mol. The van der Waals surface area contributed by atoms with E-state index < -0.39 is 6.10 Å². The van der Waals surface area contributed by atoms with Crippen molar-refractivity contribution in [3.05, 3.63) is 16.9 Å². The second-order valence-corrected chi connectivity index (χ2v) is 4.50. The number of hydrazine groups is 1. The zero-order valence-corrected chi connectivity index (χ0v) is 10.3. The Bertz CT molecular complexity index is 420. The quantitative estimate of drug-likeness (QED) is 0.467.